The standard InChI is InChI=1S/C10H10Cl2FNO3S/c1-3-14(2)10(15)6-4-9(18(12,16)17)7(11)5-8(6)13/h4-5H,3H2,1-2H3. The van der Waals surface area contributed by atoms with Gasteiger partial charge in [-0.15, -0.1) is 0 Å². The lowest BCUT2D eigenvalue weighted by molar-refractivity contribution is 0.0797. The molecule has 0 aliphatic heterocycles. The van der Waals surface area contributed by atoms with Crippen molar-refractivity contribution in [2.24, 2.45) is 0 Å². The average molecular weight is 314 g/mol. The molecule has 0 aliphatic carbocycles. The Hall–Kier alpha value is -0.850. The van der Waals surface area contributed by atoms with E-state index in [2.05, 4.69) is 0 Å². The highest BCUT2D eigenvalue weighted by Crippen LogP contribution is 2.28. The van der Waals surface area contributed by atoms with Gasteiger partial charge in [0, 0.05) is 24.3 Å². The van der Waals surface area contributed by atoms with Gasteiger partial charge in [0.2, 0.25) is 0 Å². The number of hydrogen-bond acceptors (Lipinski definition) is 3. The van der Waals surface area contributed by atoms with Crippen LogP contribution in [0.3, 0.4) is 0 Å². The molecule has 8 heteroatoms. The minimum Gasteiger partial charge on any atom is -0.342 e. The van der Waals surface area contributed by atoms with Crippen molar-refractivity contribution in [1.82, 2.24) is 4.90 Å². The summed E-state index contributed by atoms with van der Waals surface area (Å²) in [6.45, 7) is 2.05. The van der Waals surface area contributed by atoms with Gasteiger partial charge in [-0.3, -0.25) is 4.79 Å². The van der Waals surface area contributed by atoms with E-state index in [9.17, 15) is 17.6 Å². The number of carbonyl (C=O) groups excluding carboxylic acids is 1. The van der Waals surface area contributed by atoms with Gasteiger partial charge >= 0.3 is 0 Å². The molecule has 0 N–H and O–H groups in total. The molecule has 0 saturated carbocycles. The van der Waals surface area contributed by atoms with Gasteiger partial charge in [0.1, 0.15) is 10.7 Å². The highest BCUT2D eigenvalue weighted by Gasteiger charge is 2.22. The molecular weight excluding hydrogens is 304 g/mol. The zero-order valence-corrected chi connectivity index (χ0v) is 11.9. The smallest absolute Gasteiger partial charge is 0.262 e. The van der Waals surface area contributed by atoms with Gasteiger partial charge in [0.05, 0.1) is 10.6 Å². The van der Waals surface area contributed by atoms with Gasteiger partial charge in [0.15, 0.2) is 0 Å². The van der Waals surface area contributed by atoms with Crippen LogP contribution < -0.4 is 0 Å². The molecule has 0 atom stereocenters. The zero-order valence-electron chi connectivity index (χ0n) is 9.58. The summed E-state index contributed by atoms with van der Waals surface area (Å²) in [5.74, 6) is -1.54. The molecule has 1 amide bonds. The molecule has 0 heterocycles. The first-order valence-corrected chi connectivity index (χ1v) is 7.56. The number of benzene rings is 1. The van der Waals surface area contributed by atoms with Crippen LogP contribution in [0.25, 0.3) is 0 Å². The van der Waals surface area contributed by atoms with Crippen molar-refractivity contribution in [2.45, 2.75) is 11.8 Å². The number of nitrogens with zero attached hydrogens (tertiary/aromatic N) is 1. The number of hydrogen-bond donors (Lipinski definition) is 0. The Bertz CT molecular complexity index is 589. The highest BCUT2D eigenvalue weighted by atomic mass is 35.7. The van der Waals surface area contributed by atoms with Gasteiger partial charge in [-0.25, -0.2) is 12.8 Å². The van der Waals surface area contributed by atoms with E-state index in [0.717, 1.165) is 12.1 Å². The average Bonchev–Trinajstić information content (AvgIpc) is 2.25. The van der Waals surface area contributed by atoms with Crippen molar-refractivity contribution in [1.29, 1.82) is 0 Å². The number of amides is 1. The predicted octanol–water partition coefficient (Wildman–Crippen LogP) is 2.50. The predicted molar refractivity (Wildman–Crippen MR) is 67.1 cm³/mol. The second-order valence-electron chi connectivity index (χ2n) is 3.52. The minimum atomic E-state index is -4.14. The molecule has 0 radical (unpaired) electrons. The van der Waals surface area contributed by atoms with Crippen LogP contribution in [-0.4, -0.2) is 32.8 Å². The van der Waals surface area contributed by atoms with Crippen molar-refractivity contribution in [3.63, 3.8) is 0 Å². The molecule has 0 fully saturated rings. The third kappa shape index (κ3) is 3.13. The largest absolute Gasteiger partial charge is 0.342 e. The molecule has 0 saturated heterocycles. The highest BCUT2D eigenvalue weighted by molar-refractivity contribution is 8.13. The summed E-state index contributed by atoms with van der Waals surface area (Å²) in [6, 6.07) is 1.60. The Morgan fingerprint density at radius 3 is 2.44 bits per heavy atom. The van der Waals surface area contributed by atoms with E-state index in [4.69, 9.17) is 22.3 Å². The third-order valence-electron chi connectivity index (χ3n) is 2.34. The van der Waals surface area contributed by atoms with Gasteiger partial charge in [-0.2, -0.15) is 0 Å². The maximum atomic E-state index is 13.6. The number of halogens is 3. The Morgan fingerprint density at radius 1 is 1.44 bits per heavy atom. The summed E-state index contributed by atoms with van der Waals surface area (Å²) in [7, 11) is 2.47. The molecular formula is C10H10Cl2FNO3S. The molecule has 18 heavy (non-hydrogen) atoms. The molecule has 0 unspecified atom stereocenters. The monoisotopic (exact) mass is 313 g/mol. The minimum absolute atomic E-state index is 0.351. The van der Waals surface area contributed by atoms with E-state index < -0.39 is 25.7 Å². The number of rotatable bonds is 3. The molecule has 100 valence electrons. The van der Waals surface area contributed by atoms with Crippen molar-refractivity contribution in [3.05, 3.63) is 28.5 Å². The SMILES string of the molecule is CCN(C)C(=O)c1cc(S(=O)(=O)Cl)c(Cl)cc1F. The van der Waals surface area contributed by atoms with Gasteiger partial charge in [0.25, 0.3) is 15.0 Å². The fraction of sp³-hybridized carbons (Fsp3) is 0.300. The van der Waals surface area contributed by atoms with Crippen LogP contribution in [0.15, 0.2) is 17.0 Å². The quantitative estimate of drug-likeness (QED) is 0.806. The van der Waals surface area contributed by atoms with E-state index >= 15 is 0 Å². The molecule has 0 bridgehead atoms. The summed E-state index contributed by atoms with van der Waals surface area (Å²) in [6.07, 6.45) is 0. The van der Waals surface area contributed by atoms with Crippen LogP contribution in [0.2, 0.25) is 5.02 Å². The maximum Gasteiger partial charge on any atom is 0.262 e. The molecule has 4 nitrogen and oxygen atoms in total. The maximum absolute atomic E-state index is 13.6. The van der Waals surface area contributed by atoms with Crippen molar-refractivity contribution in [2.75, 3.05) is 13.6 Å². The van der Waals surface area contributed by atoms with Gasteiger partial charge < -0.3 is 4.90 Å². The molecule has 1 aromatic carbocycles. The molecule has 1 aromatic rings. The number of carbonyl (C=O) groups is 1. The molecule has 0 aromatic heterocycles. The summed E-state index contributed by atoms with van der Waals surface area (Å²) in [5.41, 5.74) is -0.386. The summed E-state index contributed by atoms with van der Waals surface area (Å²) >= 11 is 5.58. The first-order chi connectivity index (χ1) is 8.18. The lowest BCUT2D eigenvalue weighted by Gasteiger charge is -2.15. The topological polar surface area (TPSA) is 54.5 Å². The Balaban J connectivity index is 3.44. The van der Waals surface area contributed by atoms with Gasteiger partial charge in [-0.1, -0.05) is 11.6 Å². The van der Waals surface area contributed by atoms with Crippen molar-refractivity contribution >= 4 is 37.2 Å². The van der Waals surface area contributed by atoms with Crippen LogP contribution in [0.5, 0.6) is 0 Å². The second-order valence-corrected chi connectivity index (χ2v) is 6.46. The zero-order chi connectivity index (χ0) is 14.1. The van der Waals surface area contributed by atoms with Crippen LogP contribution in [0.4, 0.5) is 4.39 Å². The summed E-state index contributed by atoms with van der Waals surface area (Å²) in [5, 5.41) is -0.363. The second kappa shape index (κ2) is 5.42. The normalized spacial score (nSPS) is 11.4. The van der Waals surface area contributed by atoms with Crippen molar-refractivity contribution < 1.29 is 17.6 Å². The lowest BCUT2D eigenvalue weighted by atomic mass is 10.2. The Labute approximate surface area is 114 Å². The molecule has 0 aliphatic rings. The van der Waals surface area contributed by atoms with Crippen LogP contribution in [0.1, 0.15) is 17.3 Å². The fourth-order valence-electron chi connectivity index (χ4n) is 1.23. The first-order valence-electron chi connectivity index (χ1n) is 4.87. The van der Waals surface area contributed by atoms with Gasteiger partial charge in [-0.05, 0) is 19.1 Å². The Kier molecular flexibility index (Phi) is 4.58. The van der Waals surface area contributed by atoms with E-state index in [1.807, 2.05) is 0 Å². The van der Waals surface area contributed by atoms with E-state index in [1.165, 1.54) is 11.9 Å². The van der Waals surface area contributed by atoms with Crippen LogP contribution in [-0.2, 0) is 9.05 Å². The first kappa shape index (κ1) is 15.2. The Morgan fingerprint density at radius 2 is 2.00 bits per heavy atom. The van der Waals surface area contributed by atoms with Crippen molar-refractivity contribution in [3.8, 4) is 0 Å². The van der Waals surface area contributed by atoms with E-state index in [-0.39, 0.29) is 10.6 Å². The summed E-state index contributed by atoms with van der Waals surface area (Å²) < 4.78 is 36.0. The fourth-order valence-corrected chi connectivity index (χ4v) is 2.74. The summed E-state index contributed by atoms with van der Waals surface area (Å²) in [4.78, 5) is 12.5. The lowest BCUT2D eigenvalue weighted by Crippen LogP contribution is -2.27. The van der Waals surface area contributed by atoms with Crippen LogP contribution in [0, 0.1) is 5.82 Å². The van der Waals surface area contributed by atoms with E-state index in [0.29, 0.717) is 6.54 Å². The molecule has 1 rings (SSSR count). The van der Waals surface area contributed by atoms with Crippen LogP contribution >= 0.6 is 22.3 Å². The third-order valence-corrected chi connectivity index (χ3v) is 4.12. The van der Waals surface area contributed by atoms with E-state index in [1.54, 1.807) is 6.92 Å². The molecule has 0 spiro atoms.